The Morgan fingerprint density at radius 2 is 2.22 bits per heavy atom. The maximum Gasteiger partial charge on any atom is 0.322 e. The van der Waals surface area contributed by atoms with Crippen LogP contribution < -0.4 is 0 Å². The van der Waals surface area contributed by atoms with Gasteiger partial charge in [0, 0.05) is 16.1 Å². The lowest BCUT2D eigenvalue weighted by Crippen LogP contribution is -2.47. The summed E-state index contributed by atoms with van der Waals surface area (Å²) in [4.78, 5) is 14.8. The third kappa shape index (κ3) is 2.51. The highest BCUT2D eigenvalue weighted by Crippen LogP contribution is 2.28. The van der Waals surface area contributed by atoms with Crippen LogP contribution in [0.2, 0.25) is 0 Å². The first-order valence-electron chi connectivity index (χ1n) is 7.45. The minimum Gasteiger partial charge on any atom is -0.480 e. The monoisotopic (exact) mass is 328 g/mol. The van der Waals surface area contributed by atoms with Crippen molar-refractivity contribution in [2.24, 2.45) is 0 Å². The number of thiophene rings is 1. The van der Waals surface area contributed by atoms with E-state index in [0.717, 1.165) is 11.6 Å². The second-order valence-electron chi connectivity index (χ2n) is 5.78. The number of carbonyl (C=O) groups is 1. The fourth-order valence-corrected chi connectivity index (χ4v) is 4.17. The average Bonchev–Trinajstić information content (AvgIpc) is 3.09. The van der Waals surface area contributed by atoms with Crippen LogP contribution in [0.5, 0.6) is 0 Å². The van der Waals surface area contributed by atoms with E-state index in [4.69, 9.17) is 0 Å². The molecular formula is C16H16N4O2S. The van der Waals surface area contributed by atoms with Crippen LogP contribution in [0, 0.1) is 6.92 Å². The van der Waals surface area contributed by atoms with Gasteiger partial charge in [-0.1, -0.05) is 18.2 Å². The van der Waals surface area contributed by atoms with Gasteiger partial charge in [0.25, 0.3) is 0 Å². The molecule has 0 fully saturated rings. The quantitative estimate of drug-likeness (QED) is 0.798. The molecule has 3 aromatic rings. The minimum atomic E-state index is -0.801. The van der Waals surface area contributed by atoms with Crippen LogP contribution in [-0.2, 0) is 24.4 Å². The van der Waals surface area contributed by atoms with Gasteiger partial charge in [0.05, 0.1) is 13.1 Å². The first kappa shape index (κ1) is 14.3. The third-order valence-electron chi connectivity index (χ3n) is 4.27. The Hall–Kier alpha value is -2.25. The van der Waals surface area contributed by atoms with Gasteiger partial charge in [-0.25, -0.2) is 0 Å². The van der Waals surface area contributed by atoms with Gasteiger partial charge in [0.1, 0.15) is 17.7 Å². The summed E-state index contributed by atoms with van der Waals surface area (Å²) in [6.07, 6.45) is 0. The van der Waals surface area contributed by atoms with Gasteiger partial charge < -0.3 is 9.67 Å². The molecule has 0 aliphatic carbocycles. The number of hydrogen-bond donors (Lipinski definition) is 1. The Kier molecular flexibility index (Phi) is 3.39. The molecule has 1 N–H and O–H groups in total. The highest BCUT2D eigenvalue weighted by molar-refractivity contribution is 7.19. The van der Waals surface area contributed by atoms with Gasteiger partial charge in [0.2, 0.25) is 0 Å². The Morgan fingerprint density at radius 1 is 1.39 bits per heavy atom. The van der Waals surface area contributed by atoms with Crippen LogP contribution in [0.25, 0.3) is 10.1 Å². The van der Waals surface area contributed by atoms with Gasteiger partial charge in [-0.2, -0.15) is 0 Å². The first-order chi connectivity index (χ1) is 11.1. The van der Waals surface area contributed by atoms with E-state index in [-0.39, 0.29) is 0 Å². The predicted molar refractivity (Wildman–Crippen MR) is 87.3 cm³/mol. The molecule has 0 bridgehead atoms. The summed E-state index contributed by atoms with van der Waals surface area (Å²) in [6.45, 7) is 3.37. The Bertz CT molecular complexity index is 852. The van der Waals surface area contributed by atoms with Gasteiger partial charge in [0.15, 0.2) is 0 Å². The maximum atomic E-state index is 11.7. The van der Waals surface area contributed by atoms with Crippen molar-refractivity contribution in [2.75, 3.05) is 0 Å². The van der Waals surface area contributed by atoms with Crippen molar-refractivity contribution in [2.45, 2.75) is 32.6 Å². The molecule has 1 aliphatic rings. The number of benzene rings is 1. The molecule has 3 heterocycles. The van der Waals surface area contributed by atoms with Gasteiger partial charge in [-0.3, -0.25) is 9.69 Å². The van der Waals surface area contributed by atoms with Crippen molar-refractivity contribution >= 4 is 27.4 Å². The van der Waals surface area contributed by atoms with Crippen LogP contribution in [-0.4, -0.2) is 36.8 Å². The Balaban J connectivity index is 1.64. The molecule has 0 amide bonds. The molecule has 1 aromatic carbocycles. The molecule has 1 unspecified atom stereocenters. The van der Waals surface area contributed by atoms with Crippen molar-refractivity contribution in [3.63, 3.8) is 0 Å². The summed E-state index contributed by atoms with van der Waals surface area (Å²) in [5, 5.41) is 19.0. The molecule has 6 nitrogen and oxygen atoms in total. The van der Waals surface area contributed by atoms with Crippen molar-refractivity contribution in [3.05, 3.63) is 46.9 Å². The van der Waals surface area contributed by atoms with E-state index in [1.54, 1.807) is 11.3 Å². The summed E-state index contributed by atoms with van der Waals surface area (Å²) < 4.78 is 3.13. The highest BCUT2D eigenvalue weighted by Gasteiger charge is 2.33. The molecule has 0 spiro atoms. The van der Waals surface area contributed by atoms with Crippen LogP contribution >= 0.6 is 11.3 Å². The summed E-state index contributed by atoms with van der Waals surface area (Å²) in [6, 6.07) is 9.81. The Labute approximate surface area is 137 Å². The zero-order chi connectivity index (χ0) is 16.0. The number of carboxylic acids is 1. The maximum absolute atomic E-state index is 11.7. The van der Waals surface area contributed by atoms with E-state index in [1.165, 1.54) is 15.0 Å². The number of carboxylic acid groups (broad SMARTS) is 1. The minimum absolute atomic E-state index is 0.397. The highest BCUT2D eigenvalue weighted by atomic mass is 32.1. The zero-order valence-electron chi connectivity index (χ0n) is 12.6. The number of aryl methyl sites for hydroxylation is 1. The zero-order valence-corrected chi connectivity index (χ0v) is 13.5. The van der Waals surface area contributed by atoms with Crippen LogP contribution in [0.1, 0.15) is 16.5 Å². The largest absolute Gasteiger partial charge is 0.480 e. The van der Waals surface area contributed by atoms with Crippen LogP contribution in [0.15, 0.2) is 30.3 Å². The van der Waals surface area contributed by atoms with E-state index >= 15 is 0 Å². The molecule has 7 heteroatoms. The van der Waals surface area contributed by atoms with E-state index in [0.29, 0.717) is 19.6 Å². The molecule has 1 atom stereocenters. The average molecular weight is 328 g/mol. The summed E-state index contributed by atoms with van der Waals surface area (Å²) in [5.74, 6) is 0.804. The molecule has 2 aromatic heterocycles. The number of hydrogen-bond acceptors (Lipinski definition) is 5. The molecule has 23 heavy (non-hydrogen) atoms. The standard InChI is InChI=1S/C16H16N4O2S/c1-10-17-18-15-9-19(13(16(21)22)8-20(10)15)7-12-6-11-4-2-3-5-14(11)23-12/h2-6,13H,7-9H2,1H3,(H,21,22). The van der Waals surface area contributed by atoms with Crippen LogP contribution in [0.3, 0.4) is 0 Å². The van der Waals surface area contributed by atoms with Gasteiger partial charge in [-0.05, 0) is 24.4 Å². The molecule has 0 radical (unpaired) electrons. The summed E-state index contributed by atoms with van der Waals surface area (Å²) in [5.41, 5.74) is 0. The van der Waals surface area contributed by atoms with Crippen molar-refractivity contribution in [1.29, 1.82) is 0 Å². The van der Waals surface area contributed by atoms with Gasteiger partial charge in [-0.15, -0.1) is 21.5 Å². The predicted octanol–water partition coefficient (Wildman–Crippen LogP) is 2.27. The fraction of sp³-hybridized carbons (Fsp3) is 0.312. The smallest absolute Gasteiger partial charge is 0.322 e. The molecular weight excluding hydrogens is 312 g/mol. The van der Waals surface area contributed by atoms with Crippen molar-refractivity contribution in [1.82, 2.24) is 19.7 Å². The lowest BCUT2D eigenvalue weighted by atomic mass is 10.1. The fourth-order valence-electron chi connectivity index (χ4n) is 3.07. The molecule has 0 saturated heterocycles. The lowest BCUT2D eigenvalue weighted by Gasteiger charge is -2.33. The summed E-state index contributed by atoms with van der Waals surface area (Å²) in [7, 11) is 0. The number of fused-ring (bicyclic) bond motifs is 2. The van der Waals surface area contributed by atoms with E-state index in [9.17, 15) is 9.90 Å². The Morgan fingerprint density at radius 3 is 3.00 bits per heavy atom. The third-order valence-corrected chi connectivity index (χ3v) is 5.37. The molecule has 1 aliphatic heterocycles. The van der Waals surface area contributed by atoms with E-state index in [1.807, 2.05) is 28.5 Å². The first-order valence-corrected chi connectivity index (χ1v) is 8.26. The molecule has 4 rings (SSSR count). The number of aliphatic carboxylic acids is 1. The van der Waals surface area contributed by atoms with Crippen molar-refractivity contribution < 1.29 is 9.90 Å². The summed E-state index contributed by atoms with van der Waals surface area (Å²) >= 11 is 1.71. The van der Waals surface area contributed by atoms with E-state index in [2.05, 4.69) is 28.4 Å². The second kappa shape index (κ2) is 5.43. The van der Waals surface area contributed by atoms with E-state index < -0.39 is 12.0 Å². The topological polar surface area (TPSA) is 71.2 Å². The lowest BCUT2D eigenvalue weighted by molar-refractivity contribution is -0.145. The molecule has 0 saturated carbocycles. The normalized spacial score (nSPS) is 18.2. The van der Waals surface area contributed by atoms with Crippen molar-refractivity contribution in [3.8, 4) is 0 Å². The van der Waals surface area contributed by atoms with Crippen LogP contribution in [0.4, 0.5) is 0 Å². The number of nitrogens with zero attached hydrogens (tertiary/aromatic N) is 4. The SMILES string of the molecule is Cc1nnc2n1CC(C(=O)O)N(Cc1cc3ccccc3s1)C2. The number of rotatable bonds is 3. The number of aromatic nitrogens is 3. The van der Waals surface area contributed by atoms with Gasteiger partial charge >= 0.3 is 5.97 Å². The second-order valence-corrected chi connectivity index (χ2v) is 6.95. The molecule has 118 valence electrons.